The van der Waals surface area contributed by atoms with Gasteiger partial charge in [0.1, 0.15) is 18.1 Å². The van der Waals surface area contributed by atoms with E-state index in [1.54, 1.807) is 18.3 Å². The van der Waals surface area contributed by atoms with Gasteiger partial charge in [-0.25, -0.2) is 9.78 Å². The molecule has 0 radical (unpaired) electrons. The van der Waals surface area contributed by atoms with Crippen LogP contribution in [0.5, 0.6) is 5.75 Å². The molecular weight excluding hydrogens is 268 g/mol. The van der Waals surface area contributed by atoms with Crippen molar-refractivity contribution in [2.45, 2.75) is 6.92 Å². The molecule has 0 aliphatic heterocycles. The summed E-state index contributed by atoms with van der Waals surface area (Å²) in [6.45, 7) is 3.17. The molecule has 21 heavy (non-hydrogen) atoms. The lowest BCUT2D eigenvalue weighted by Gasteiger charge is -2.09. The van der Waals surface area contributed by atoms with Crippen molar-refractivity contribution in [2.75, 3.05) is 25.6 Å². The van der Waals surface area contributed by atoms with Crippen molar-refractivity contribution in [3.8, 4) is 5.75 Å². The number of ether oxygens (including phenoxy) is 2. The largest absolute Gasteiger partial charge is 0.492 e. The van der Waals surface area contributed by atoms with Crippen LogP contribution in [0, 0.1) is 6.92 Å². The number of carbonyl (C=O) groups excluding carboxylic acids is 1. The Bertz CT molecular complexity index is 614. The quantitative estimate of drug-likeness (QED) is 0.653. The number of aromatic nitrogens is 1. The topological polar surface area (TPSA) is 60.5 Å². The predicted molar refractivity (Wildman–Crippen MR) is 80.7 cm³/mol. The first-order valence-electron chi connectivity index (χ1n) is 6.67. The summed E-state index contributed by atoms with van der Waals surface area (Å²) >= 11 is 0. The lowest BCUT2D eigenvalue weighted by molar-refractivity contribution is 0.0594. The molecule has 0 unspecified atom stereocenters. The molecule has 1 N–H and O–H groups in total. The third-order valence-electron chi connectivity index (χ3n) is 2.84. The Labute approximate surface area is 123 Å². The highest BCUT2D eigenvalue weighted by Gasteiger charge is 2.06. The van der Waals surface area contributed by atoms with Crippen LogP contribution in [0.15, 0.2) is 42.6 Å². The second-order valence-corrected chi connectivity index (χ2v) is 4.51. The molecule has 0 fully saturated rings. The summed E-state index contributed by atoms with van der Waals surface area (Å²) in [7, 11) is 1.33. The van der Waals surface area contributed by atoms with Gasteiger partial charge < -0.3 is 14.8 Å². The molecule has 5 heteroatoms. The van der Waals surface area contributed by atoms with Gasteiger partial charge in [0.25, 0.3) is 0 Å². The highest BCUT2D eigenvalue weighted by atomic mass is 16.5. The summed E-state index contributed by atoms with van der Waals surface area (Å²) in [5.41, 5.74) is 2.25. The molecule has 0 aliphatic carbocycles. The van der Waals surface area contributed by atoms with Crippen molar-refractivity contribution in [1.82, 2.24) is 4.98 Å². The number of hydrogen-bond donors (Lipinski definition) is 1. The summed E-state index contributed by atoms with van der Waals surface area (Å²) in [5.74, 6) is 0.399. The summed E-state index contributed by atoms with van der Waals surface area (Å²) in [4.78, 5) is 15.3. The van der Waals surface area contributed by atoms with Crippen LogP contribution in [0.25, 0.3) is 0 Å². The number of aryl methyl sites for hydroxylation is 1. The van der Waals surface area contributed by atoms with E-state index in [4.69, 9.17) is 4.74 Å². The zero-order valence-corrected chi connectivity index (χ0v) is 12.1. The standard InChI is InChI=1S/C16H18N2O3/c1-12-4-3-5-14(10-12)21-9-8-17-13-6-7-18-15(11-13)16(19)20-2/h3-7,10-11H,8-9H2,1-2H3,(H,17,18). The molecule has 2 aromatic rings. The highest BCUT2D eigenvalue weighted by molar-refractivity contribution is 5.88. The summed E-state index contributed by atoms with van der Waals surface area (Å²) in [6.07, 6.45) is 1.57. The van der Waals surface area contributed by atoms with Gasteiger partial charge in [0.2, 0.25) is 0 Å². The smallest absolute Gasteiger partial charge is 0.356 e. The summed E-state index contributed by atoms with van der Waals surface area (Å²) in [6, 6.07) is 11.3. The molecule has 1 heterocycles. The predicted octanol–water partition coefficient (Wildman–Crippen LogP) is 2.67. The minimum absolute atomic E-state index is 0.280. The minimum Gasteiger partial charge on any atom is -0.492 e. The number of benzene rings is 1. The molecule has 0 atom stereocenters. The Balaban J connectivity index is 1.82. The van der Waals surface area contributed by atoms with Crippen LogP contribution in [0.3, 0.4) is 0 Å². The SMILES string of the molecule is COC(=O)c1cc(NCCOc2cccc(C)c2)ccn1. The van der Waals surface area contributed by atoms with Crippen molar-refractivity contribution >= 4 is 11.7 Å². The number of rotatable bonds is 6. The molecule has 1 aromatic heterocycles. The first kappa shape index (κ1) is 14.8. The summed E-state index contributed by atoms with van der Waals surface area (Å²) < 4.78 is 10.3. The molecule has 110 valence electrons. The first-order valence-corrected chi connectivity index (χ1v) is 6.67. The maximum absolute atomic E-state index is 11.4. The number of anilines is 1. The van der Waals surface area contributed by atoms with E-state index in [1.807, 2.05) is 31.2 Å². The number of methoxy groups -OCH3 is 1. The van der Waals surface area contributed by atoms with Crippen molar-refractivity contribution < 1.29 is 14.3 Å². The van der Waals surface area contributed by atoms with E-state index < -0.39 is 5.97 Å². The molecule has 0 spiro atoms. The Hall–Kier alpha value is -2.56. The Morgan fingerprint density at radius 1 is 1.29 bits per heavy atom. The molecule has 5 nitrogen and oxygen atoms in total. The number of pyridine rings is 1. The van der Waals surface area contributed by atoms with Crippen molar-refractivity contribution in [1.29, 1.82) is 0 Å². The first-order chi connectivity index (χ1) is 10.2. The van der Waals surface area contributed by atoms with E-state index in [-0.39, 0.29) is 5.69 Å². The Kier molecular flexibility index (Phi) is 5.15. The van der Waals surface area contributed by atoms with Gasteiger partial charge in [0.05, 0.1) is 7.11 Å². The lowest BCUT2D eigenvalue weighted by atomic mass is 10.2. The fourth-order valence-electron chi connectivity index (χ4n) is 1.83. The van der Waals surface area contributed by atoms with E-state index in [0.29, 0.717) is 13.2 Å². The van der Waals surface area contributed by atoms with E-state index in [9.17, 15) is 4.79 Å². The molecule has 0 saturated carbocycles. The van der Waals surface area contributed by atoms with Gasteiger partial charge in [-0.05, 0) is 36.8 Å². The Morgan fingerprint density at radius 2 is 2.14 bits per heavy atom. The van der Waals surface area contributed by atoms with E-state index >= 15 is 0 Å². The third-order valence-corrected chi connectivity index (χ3v) is 2.84. The van der Waals surface area contributed by atoms with Gasteiger partial charge in [-0.15, -0.1) is 0 Å². The second kappa shape index (κ2) is 7.28. The van der Waals surface area contributed by atoms with E-state index in [1.165, 1.54) is 7.11 Å². The average Bonchev–Trinajstić information content (AvgIpc) is 2.51. The maximum Gasteiger partial charge on any atom is 0.356 e. The highest BCUT2D eigenvalue weighted by Crippen LogP contribution is 2.12. The lowest BCUT2D eigenvalue weighted by Crippen LogP contribution is -2.12. The van der Waals surface area contributed by atoms with Crippen molar-refractivity contribution in [2.24, 2.45) is 0 Å². The van der Waals surface area contributed by atoms with Gasteiger partial charge in [0, 0.05) is 18.4 Å². The molecule has 2 rings (SSSR count). The third kappa shape index (κ3) is 4.49. The zero-order valence-electron chi connectivity index (χ0n) is 12.1. The van der Waals surface area contributed by atoms with Crippen LogP contribution in [0.1, 0.15) is 16.1 Å². The van der Waals surface area contributed by atoms with Crippen LogP contribution in [-0.4, -0.2) is 31.2 Å². The molecule has 0 aliphatic rings. The molecule has 0 amide bonds. The maximum atomic E-state index is 11.4. The van der Waals surface area contributed by atoms with Gasteiger partial charge >= 0.3 is 5.97 Å². The van der Waals surface area contributed by atoms with Crippen molar-refractivity contribution in [3.63, 3.8) is 0 Å². The molecular formula is C16H18N2O3. The van der Waals surface area contributed by atoms with Gasteiger partial charge in [-0.2, -0.15) is 0 Å². The zero-order chi connectivity index (χ0) is 15.1. The normalized spacial score (nSPS) is 10.0. The van der Waals surface area contributed by atoms with Crippen LogP contribution >= 0.6 is 0 Å². The number of nitrogens with zero attached hydrogens (tertiary/aromatic N) is 1. The Morgan fingerprint density at radius 3 is 2.90 bits per heavy atom. The second-order valence-electron chi connectivity index (χ2n) is 4.51. The fraction of sp³-hybridized carbons (Fsp3) is 0.250. The molecule has 0 saturated heterocycles. The average molecular weight is 286 g/mol. The fourth-order valence-corrected chi connectivity index (χ4v) is 1.83. The van der Waals surface area contributed by atoms with E-state index in [0.717, 1.165) is 17.0 Å². The van der Waals surface area contributed by atoms with Gasteiger partial charge in [-0.3, -0.25) is 0 Å². The number of esters is 1. The monoisotopic (exact) mass is 286 g/mol. The van der Waals surface area contributed by atoms with Crippen LogP contribution in [-0.2, 0) is 4.74 Å². The molecule has 0 bridgehead atoms. The summed E-state index contributed by atoms with van der Waals surface area (Å²) in [5, 5.41) is 3.18. The van der Waals surface area contributed by atoms with Gasteiger partial charge in [-0.1, -0.05) is 12.1 Å². The number of hydrogen-bond acceptors (Lipinski definition) is 5. The van der Waals surface area contributed by atoms with Crippen LogP contribution in [0.2, 0.25) is 0 Å². The minimum atomic E-state index is -0.449. The van der Waals surface area contributed by atoms with E-state index in [2.05, 4.69) is 15.0 Å². The van der Waals surface area contributed by atoms with Crippen LogP contribution < -0.4 is 10.1 Å². The molecule has 1 aromatic carbocycles. The number of nitrogens with one attached hydrogen (secondary N) is 1. The van der Waals surface area contributed by atoms with Gasteiger partial charge in [0.15, 0.2) is 0 Å². The number of carbonyl (C=O) groups is 1. The van der Waals surface area contributed by atoms with Crippen molar-refractivity contribution in [3.05, 3.63) is 53.9 Å². The van der Waals surface area contributed by atoms with Crippen LogP contribution in [0.4, 0.5) is 5.69 Å².